The summed E-state index contributed by atoms with van der Waals surface area (Å²) >= 11 is 7.30. The Labute approximate surface area is 109 Å². The number of ether oxygens (including phenoxy) is 1. The molecule has 1 unspecified atom stereocenters. The van der Waals surface area contributed by atoms with Gasteiger partial charge in [0.05, 0.1) is 12.1 Å². The van der Waals surface area contributed by atoms with Crippen molar-refractivity contribution < 1.29 is 9.84 Å². The number of rotatable bonds is 3. The Balaban J connectivity index is 2.42. The molecule has 90 valence electrons. The van der Waals surface area contributed by atoms with Crippen LogP contribution in [0.2, 0.25) is 5.02 Å². The lowest BCUT2D eigenvalue weighted by Crippen LogP contribution is -2.01. The quantitative estimate of drug-likeness (QED) is 0.917. The minimum absolute atomic E-state index is 0.649. The summed E-state index contributed by atoms with van der Waals surface area (Å²) < 4.78 is 5.26. The number of thiophene rings is 1. The topological polar surface area (TPSA) is 29.5 Å². The lowest BCUT2D eigenvalue weighted by molar-refractivity contribution is 0.218. The third-order valence-electron chi connectivity index (χ3n) is 2.54. The van der Waals surface area contributed by atoms with Crippen LogP contribution < -0.4 is 4.74 Å². The minimum Gasteiger partial charge on any atom is -0.496 e. The molecular weight excluding hydrogens is 256 g/mol. The lowest BCUT2D eigenvalue weighted by Gasteiger charge is -2.14. The molecule has 0 aliphatic heterocycles. The van der Waals surface area contributed by atoms with Crippen LogP contribution in [0, 0.1) is 6.92 Å². The fourth-order valence-corrected chi connectivity index (χ4v) is 2.78. The van der Waals surface area contributed by atoms with Gasteiger partial charge in [0.15, 0.2) is 0 Å². The smallest absolute Gasteiger partial charge is 0.125 e. The van der Waals surface area contributed by atoms with Crippen molar-refractivity contribution in [3.8, 4) is 5.75 Å². The van der Waals surface area contributed by atoms with Gasteiger partial charge in [-0.2, -0.15) is 0 Å². The molecule has 17 heavy (non-hydrogen) atoms. The molecule has 2 aromatic rings. The molecule has 0 aliphatic carbocycles. The summed E-state index contributed by atoms with van der Waals surface area (Å²) in [6, 6.07) is 7.52. The molecule has 1 atom stereocenters. The Morgan fingerprint density at radius 3 is 2.71 bits per heavy atom. The molecule has 0 aliphatic rings. The molecule has 1 aromatic heterocycles. The van der Waals surface area contributed by atoms with Crippen LogP contribution in [0.1, 0.15) is 22.1 Å². The molecule has 0 bridgehead atoms. The summed E-state index contributed by atoms with van der Waals surface area (Å²) in [6.07, 6.45) is -0.692. The standard InChI is InChI=1S/C13H13ClO2S/c1-8-3-4-11(16-2)10(5-8)13(15)12-6-9(14)7-17-12/h3-7,13,15H,1-2H3. The zero-order valence-corrected chi connectivity index (χ0v) is 11.2. The number of hydrogen-bond donors (Lipinski definition) is 1. The van der Waals surface area contributed by atoms with E-state index in [-0.39, 0.29) is 0 Å². The molecule has 0 saturated carbocycles. The first-order valence-electron chi connectivity index (χ1n) is 5.18. The molecular formula is C13H13ClO2S. The van der Waals surface area contributed by atoms with Gasteiger partial charge in [0.1, 0.15) is 11.9 Å². The molecule has 4 heteroatoms. The van der Waals surface area contributed by atoms with E-state index in [1.165, 1.54) is 11.3 Å². The maximum Gasteiger partial charge on any atom is 0.125 e. The van der Waals surface area contributed by atoms with Crippen molar-refractivity contribution in [1.29, 1.82) is 0 Å². The van der Waals surface area contributed by atoms with Crippen LogP contribution in [-0.4, -0.2) is 12.2 Å². The first-order valence-corrected chi connectivity index (χ1v) is 6.44. The highest BCUT2D eigenvalue weighted by atomic mass is 35.5. The van der Waals surface area contributed by atoms with Crippen molar-refractivity contribution in [3.05, 3.63) is 50.7 Å². The van der Waals surface area contributed by atoms with E-state index in [4.69, 9.17) is 16.3 Å². The van der Waals surface area contributed by atoms with E-state index in [0.717, 1.165) is 16.0 Å². The normalized spacial score (nSPS) is 12.5. The van der Waals surface area contributed by atoms with Gasteiger partial charge < -0.3 is 9.84 Å². The molecule has 0 spiro atoms. The molecule has 1 N–H and O–H groups in total. The predicted octanol–water partition coefficient (Wildman–Crippen LogP) is 3.80. The second-order valence-corrected chi connectivity index (χ2v) is 5.19. The second-order valence-electron chi connectivity index (χ2n) is 3.82. The molecule has 0 fully saturated rings. The summed E-state index contributed by atoms with van der Waals surface area (Å²) in [5, 5.41) is 12.8. The van der Waals surface area contributed by atoms with Crippen LogP contribution in [0.3, 0.4) is 0 Å². The first-order chi connectivity index (χ1) is 8.11. The van der Waals surface area contributed by atoms with Crippen molar-refractivity contribution in [2.45, 2.75) is 13.0 Å². The van der Waals surface area contributed by atoms with Crippen LogP contribution >= 0.6 is 22.9 Å². The van der Waals surface area contributed by atoms with Crippen LogP contribution in [-0.2, 0) is 0 Å². The van der Waals surface area contributed by atoms with Crippen LogP contribution in [0.25, 0.3) is 0 Å². The van der Waals surface area contributed by atoms with E-state index >= 15 is 0 Å². The fourth-order valence-electron chi connectivity index (χ4n) is 1.69. The van der Waals surface area contributed by atoms with Gasteiger partial charge in [0.25, 0.3) is 0 Å². The molecule has 1 heterocycles. The second kappa shape index (κ2) is 5.08. The average molecular weight is 269 g/mol. The number of aliphatic hydroxyl groups excluding tert-OH is 1. The van der Waals surface area contributed by atoms with E-state index in [0.29, 0.717) is 10.8 Å². The average Bonchev–Trinajstić information content (AvgIpc) is 2.75. The lowest BCUT2D eigenvalue weighted by atomic mass is 10.0. The number of aryl methyl sites for hydroxylation is 1. The Hall–Kier alpha value is -1.03. The van der Waals surface area contributed by atoms with Gasteiger partial charge >= 0.3 is 0 Å². The van der Waals surface area contributed by atoms with Crippen molar-refractivity contribution in [2.75, 3.05) is 7.11 Å². The third-order valence-corrected chi connectivity index (χ3v) is 3.87. The van der Waals surface area contributed by atoms with Gasteiger partial charge in [-0.15, -0.1) is 11.3 Å². The van der Waals surface area contributed by atoms with Crippen molar-refractivity contribution >= 4 is 22.9 Å². The van der Waals surface area contributed by atoms with E-state index < -0.39 is 6.10 Å². The van der Waals surface area contributed by atoms with Crippen LogP contribution in [0.5, 0.6) is 5.75 Å². The van der Waals surface area contributed by atoms with Gasteiger partial charge in [-0.1, -0.05) is 23.2 Å². The molecule has 1 aromatic carbocycles. The molecule has 0 radical (unpaired) electrons. The zero-order valence-electron chi connectivity index (χ0n) is 9.61. The number of methoxy groups -OCH3 is 1. The van der Waals surface area contributed by atoms with E-state index in [1.54, 1.807) is 13.2 Å². The molecule has 0 saturated heterocycles. The Kier molecular flexibility index (Phi) is 3.72. The van der Waals surface area contributed by atoms with E-state index in [1.807, 2.05) is 30.5 Å². The largest absolute Gasteiger partial charge is 0.496 e. The summed E-state index contributed by atoms with van der Waals surface area (Å²) in [5.41, 5.74) is 1.86. The zero-order chi connectivity index (χ0) is 12.4. The SMILES string of the molecule is COc1ccc(C)cc1C(O)c1cc(Cl)cs1. The molecule has 2 nitrogen and oxygen atoms in total. The maximum absolute atomic E-state index is 10.3. The summed E-state index contributed by atoms with van der Waals surface area (Å²) in [7, 11) is 1.60. The van der Waals surface area contributed by atoms with Crippen LogP contribution in [0.15, 0.2) is 29.6 Å². The van der Waals surface area contributed by atoms with Gasteiger partial charge in [-0.3, -0.25) is 0 Å². The van der Waals surface area contributed by atoms with Crippen molar-refractivity contribution in [2.24, 2.45) is 0 Å². The van der Waals surface area contributed by atoms with Gasteiger partial charge in [0.2, 0.25) is 0 Å². The monoisotopic (exact) mass is 268 g/mol. The van der Waals surface area contributed by atoms with Gasteiger partial charge in [0, 0.05) is 15.8 Å². The van der Waals surface area contributed by atoms with Crippen molar-refractivity contribution in [1.82, 2.24) is 0 Å². The highest BCUT2D eigenvalue weighted by Crippen LogP contribution is 2.34. The number of halogens is 1. The Bertz CT molecular complexity index is 522. The summed E-state index contributed by atoms with van der Waals surface area (Å²) in [5.74, 6) is 0.688. The Morgan fingerprint density at radius 2 is 2.12 bits per heavy atom. The predicted molar refractivity (Wildman–Crippen MR) is 71.1 cm³/mol. The maximum atomic E-state index is 10.3. The number of benzene rings is 1. The number of aliphatic hydroxyl groups is 1. The molecule has 0 amide bonds. The Morgan fingerprint density at radius 1 is 1.35 bits per heavy atom. The minimum atomic E-state index is -0.692. The number of hydrogen-bond acceptors (Lipinski definition) is 3. The van der Waals surface area contributed by atoms with Crippen molar-refractivity contribution in [3.63, 3.8) is 0 Å². The van der Waals surface area contributed by atoms with Gasteiger partial charge in [-0.25, -0.2) is 0 Å². The third kappa shape index (κ3) is 2.63. The van der Waals surface area contributed by atoms with Crippen LogP contribution in [0.4, 0.5) is 0 Å². The fraction of sp³-hybridized carbons (Fsp3) is 0.231. The highest BCUT2D eigenvalue weighted by molar-refractivity contribution is 7.10. The summed E-state index contributed by atoms with van der Waals surface area (Å²) in [6.45, 7) is 1.98. The first kappa shape index (κ1) is 12.4. The van der Waals surface area contributed by atoms with Gasteiger partial charge in [-0.05, 0) is 25.1 Å². The molecule has 2 rings (SSSR count). The highest BCUT2D eigenvalue weighted by Gasteiger charge is 2.17. The van der Waals surface area contributed by atoms with E-state index in [9.17, 15) is 5.11 Å². The van der Waals surface area contributed by atoms with E-state index in [2.05, 4.69) is 0 Å². The summed E-state index contributed by atoms with van der Waals surface area (Å²) in [4.78, 5) is 0.818.